The van der Waals surface area contributed by atoms with Crippen LogP contribution in [0.15, 0.2) is 35.2 Å². The maximum Gasteiger partial charge on any atom is 0.258 e. The quantitative estimate of drug-likeness (QED) is 0.797. The van der Waals surface area contributed by atoms with Gasteiger partial charge in [0, 0.05) is 28.3 Å². The largest absolute Gasteiger partial charge is 0.348 e. The first kappa shape index (κ1) is 17.3. The first-order chi connectivity index (χ1) is 11.6. The van der Waals surface area contributed by atoms with Crippen LogP contribution in [0.2, 0.25) is 5.02 Å². The van der Waals surface area contributed by atoms with Crippen molar-refractivity contribution < 1.29 is 18.0 Å². The van der Waals surface area contributed by atoms with E-state index in [0.717, 1.165) is 6.07 Å². The van der Waals surface area contributed by atoms with Crippen molar-refractivity contribution in [3.63, 3.8) is 0 Å². The first-order valence-electron chi connectivity index (χ1n) is 7.37. The summed E-state index contributed by atoms with van der Waals surface area (Å²) in [5, 5.41) is 11.7. The van der Waals surface area contributed by atoms with E-state index in [1.807, 2.05) is 6.07 Å². The number of nitriles is 1. The number of allylic oxidation sites excluding steroid dienone is 4. The van der Waals surface area contributed by atoms with Crippen molar-refractivity contribution in [2.24, 2.45) is 0 Å². The van der Waals surface area contributed by atoms with Crippen LogP contribution in [0, 0.1) is 17.1 Å². The van der Waals surface area contributed by atoms with Crippen molar-refractivity contribution in [2.45, 2.75) is 31.6 Å². The summed E-state index contributed by atoms with van der Waals surface area (Å²) < 4.78 is 41.8. The third-order valence-electron chi connectivity index (χ3n) is 4.66. The van der Waals surface area contributed by atoms with Crippen LogP contribution in [-0.2, 0) is 10.2 Å². The van der Waals surface area contributed by atoms with E-state index in [9.17, 15) is 18.0 Å². The lowest BCUT2D eigenvalue weighted by molar-refractivity contribution is 0.0911. The van der Waals surface area contributed by atoms with Crippen molar-refractivity contribution in [3.8, 4) is 6.07 Å². The minimum atomic E-state index is -2.99. The number of rotatable bonds is 2. The average molecular weight is 365 g/mol. The summed E-state index contributed by atoms with van der Waals surface area (Å²) in [7, 11) is 0. The number of halogens is 4. The number of benzene rings is 1. The highest BCUT2D eigenvalue weighted by atomic mass is 35.5. The van der Waals surface area contributed by atoms with Gasteiger partial charge in [-0.2, -0.15) is 5.26 Å². The Kier molecular flexibility index (Phi) is 3.83. The molecule has 1 aromatic rings. The normalized spacial score (nSPS) is 24.2. The van der Waals surface area contributed by atoms with Gasteiger partial charge in [0.25, 0.3) is 5.92 Å². The van der Waals surface area contributed by atoms with Gasteiger partial charge in [-0.1, -0.05) is 11.6 Å². The number of dihydropyridines is 1. The fourth-order valence-electron chi connectivity index (χ4n) is 3.04. The maximum atomic E-state index is 14.6. The number of alkyl halides is 2. The van der Waals surface area contributed by atoms with Crippen LogP contribution in [-0.4, -0.2) is 11.9 Å². The third kappa shape index (κ3) is 2.57. The van der Waals surface area contributed by atoms with Gasteiger partial charge in [-0.3, -0.25) is 0 Å². The van der Waals surface area contributed by atoms with E-state index in [-0.39, 0.29) is 21.9 Å². The number of carbonyl (C=O) groups excluding carboxylic acids is 1. The molecule has 1 aliphatic heterocycles. The highest BCUT2D eigenvalue weighted by Crippen LogP contribution is 2.63. The van der Waals surface area contributed by atoms with E-state index in [1.54, 1.807) is 12.9 Å². The molecule has 7 heteroatoms. The second kappa shape index (κ2) is 5.52. The fraction of sp³-hybridized carbons (Fsp3) is 0.278. The molecule has 1 unspecified atom stereocenters. The lowest BCUT2D eigenvalue weighted by atomic mass is 9.91. The number of hydrogen-bond acceptors (Lipinski definition) is 3. The molecule has 0 bridgehead atoms. The Morgan fingerprint density at radius 2 is 2.00 bits per heavy atom. The highest BCUT2D eigenvalue weighted by Gasteiger charge is 2.70. The number of nitrogens with zero attached hydrogens (tertiary/aromatic N) is 1. The van der Waals surface area contributed by atoms with Crippen molar-refractivity contribution in [3.05, 3.63) is 57.1 Å². The Labute approximate surface area is 147 Å². The van der Waals surface area contributed by atoms with Gasteiger partial charge in [0.05, 0.1) is 11.0 Å². The van der Waals surface area contributed by atoms with Crippen molar-refractivity contribution in [2.75, 3.05) is 0 Å². The SMILES string of the molecule is CC1=C(c2cc(F)c(C3(C)CC3(F)F)c(Cl)c2)C=C(C#N)C(=C=O)N1. The lowest BCUT2D eigenvalue weighted by Crippen LogP contribution is -2.19. The van der Waals surface area contributed by atoms with Gasteiger partial charge in [-0.25, -0.2) is 18.0 Å². The molecule has 1 fully saturated rings. The fourth-order valence-corrected chi connectivity index (χ4v) is 3.46. The minimum Gasteiger partial charge on any atom is -0.348 e. The molecule has 2 aliphatic rings. The van der Waals surface area contributed by atoms with E-state index in [0.29, 0.717) is 16.8 Å². The van der Waals surface area contributed by atoms with Crippen molar-refractivity contribution in [1.29, 1.82) is 5.26 Å². The number of hydrogen-bond donors (Lipinski definition) is 1. The van der Waals surface area contributed by atoms with Crippen molar-refractivity contribution >= 4 is 23.1 Å². The summed E-state index contributed by atoms with van der Waals surface area (Å²) in [6.45, 7) is 2.91. The summed E-state index contributed by atoms with van der Waals surface area (Å²) in [5.74, 6) is -2.19. The van der Waals surface area contributed by atoms with Crippen LogP contribution in [0.1, 0.15) is 31.4 Å². The maximum absolute atomic E-state index is 14.6. The molecule has 0 amide bonds. The Morgan fingerprint density at radius 1 is 1.36 bits per heavy atom. The standard InChI is InChI=1S/C18H12ClF3N2O/c1-9-12(3-11(6-23)15(7-25)24-9)10-4-13(19)16(14(20)5-10)17(2)8-18(17,21)22/h3-5,24H,8H2,1-2H3. The summed E-state index contributed by atoms with van der Waals surface area (Å²) in [6.07, 6.45) is 0.954. The van der Waals surface area contributed by atoms with Crippen LogP contribution < -0.4 is 5.32 Å². The summed E-state index contributed by atoms with van der Waals surface area (Å²) >= 11 is 6.11. The second-order valence-electron chi connectivity index (χ2n) is 6.34. The van der Waals surface area contributed by atoms with E-state index in [2.05, 4.69) is 5.32 Å². The summed E-state index contributed by atoms with van der Waals surface area (Å²) in [5.41, 5.74) is -0.542. The van der Waals surface area contributed by atoms with Crippen LogP contribution in [0.25, 0.3) is 5.57 Å². The molecule has 25 heavy (non-hydrogen) atoms. The van der Waals surface area contributed by atoms with Crippen LogP contribution in [0.4, 0.5) is 13.2 Å². The molecule has 0 saturated heterocycles. The Hall–Kier alpha value is -2.48. The second-order valence-corrected chi connectivity index (χ2v) is 6.75. The molecule has 0 spiro atoms. The van der Waals surface area contributed by atoms with Gasteiger partial charge in [0.1, 0.15) is 17.6 Å². The average Bonchev–Trinajstić information content (AvgIpc) is 3.04. The molecule has 3 nitrogen and oxygen atoms in total. The van der Waals surface area contributed by atoms with Gasteiger partial charge < -0.3 is 5.32 Å². The molecule has 3 rings (SSSR count). The monoisotopic (exact) mass is 364 g/mol. The zero-order valence-corrected chi connectivity index (χ0v) is 14.1. The predicted octanol–water partition coefficient (Wildman–Crippen LogP) is 4.28. The molecular formula is C18H12ClF3N2O. The number of nitrogens with one attached hydrogen (secondary N) is 1. The van der Waals surface area contributed by atoms with E-state index < -0.39 is 23.6 Å². The van der Waals surface area contributed by atoms with E-state index >= 15 is 0 Å². The molecular weight excluding hydrogens is 353 g/mol. The summed E-state index contributed by atoms with van der Waals surface area (Å²) in [6, 6.07) is 4.35. The zero-order chi connectivity index (χ0) is 18.6. The highest BCUT2D eigenvalue weighted by molar-refractivity contribution is 6.31. The molecule has 1 aliphatic carbocycles. The molecule has 0 aromatic heterocycles. The Bertz CT molecular complexity index is 929. The predicted molar refractivity (Wildman–Crippen MR) is 87.0 cm³/mol. The minimum absolute atomic E-state index is 0.0166. The topological polar surface area (TPSA) is 52.9 Å². The molecule has 1 N–H and O–H groups in total. The van der Waals surface area contributed by atoms with Gasteiger partial charge in [0.2, 0.25) is 0 Å². The van der Waals surface area contributed by atoms with Gasteiger partial charge in [-0.15, -0.1) is 0 Å². The van der Waals surface area contributed by atoms with Gasteiger partial charge in [0.15, 0.2) is 5.94 Å². The van der Waals surface area contributed by atoms with Crippen LogP contribution in [0.5, 0.6) is 0 Å². The molecule has 1 saturated carbocycles. The van der Waals surface area contributed by atoms with E-state index in [1.165, 1.54) is 19.1 Å². The van der Waals surface area contributed by atoms with Gasteiger partial charge in [-0.05, 0) is 37.6 Å². The molecule has 1 heterocycles. The molecule has 1 atom stereocenters. The molecule has 128 valence electrons. The smallest absolute Gasteiger partial charge is 0.258 e. The first-order valence-corrected chi connectivity index (χ1v) is 7.75. The van der Waals surface area contributed by atoms with E-state index in [4.69, 9.17) is 16.9 Å². The van der Waals surface area contributed by atoms with Crippen LogP contribution in [0.3, 0.4) is 0 Å². The van der Waals surface area contributed by atoms with Crippen LogP contribution >= 0.6 is 11.6 Å². The molecule has 1 aromatic carbocycles. The lowest BCUT2D eigenvalue weighted by Gasteiger charge is -2.20. The van der Waals surface area contributed by atoms with Crippen molar-refractivity contribution in [1.82, 2.24) is 5.32 Å². The van der Waals surface area contributed by atoms with Gasteiger partial charge >= 0.3 is 0 Å². The summed E-state index contributed by atoms with van der Waals surface area (Å²) in [4.78, 5) is 10.9. The Morgan fingerprint density at radius 3 is 2.48 bits per heavy atom. The zero-order valence-electron chi connectivity index (χ0n) is 13.3. The molecule has 0 radical (unpaired) electrons. The third-order valence-corrected chi connectivity index (χ3v) is 4.96. The Balaban J connectivity index is 2.11.